The molecule has 4 saturated heterocycles. The van der Waals surface area contributed by atoms with E-state index < -0.39 is 58.9 Å². The van der Waals surface area contributed by atoms with Crippen LogP contribution in [0.25, 0.3) is 0 Å². The van der Waals surface area contributed by atoms with Crippen molar-refractivity contribution < 1.29 is 57.8 Å². The number of hydrogen-bond acceptors (Lipinski definition) is 12. The Morgan fingerprint density at radius 2 is 1.58 bits per heavy atom. The summed E-state index contributed by atoms with van der Waals surface area (Å²) < 4.78 is 45.1. The molecule has 12 heteroatoms. The van der Waals surface area contributed by atoms with Gasteiger partial charge in [0.1, 0.15) is 5.78 Å². The van der Waals surface area contributed by atoms with Crippen LogP contribution in [0.2, 0.25) is 0 Å². The summed E-state index contributed by atoms with van der Waals surface area (Å²) in [6.45, 7) is 21.2. The SMILES string of the molecule is CCC(C(=O)OC)[C@H]1CC[C@H](C)C([C@@H](C)[C@H](O)[C@H](C)C(=O)[C@H](CC)[C@H]2O[C@]3(C=C[C@@H](OC(C)=O)[C@]4(CC[C@@](C)([C@H]5CC[C@](O)(CC)[C@H](C)O5)O4)O3)[C@H](C)C[C@@H]2C)O1. The standard InChI is InChI=1S/C45H74O12/c1-13-32(41(49)51-12)34-17-16-25(4)39(54-34)29(8)37(47)28(7)38(48)33(14-2)40-26(5)24-27(6)44(55-40)21-19-36(53-31(10)46)45(57-44)23-22-42(11,56-45)35-18-20-43(50,15-3)30(9)52-35/h19,21,25-30,32-37,39-40,47,50H,13-18,20,22-24H2,1-12H3/t25-,26-,27+,28-,29-,30-,32?,33-,34+,35+,36+,37+,39?,40-,42-,43+,44-,45-/m0/s1. The maximum Gasteiger partial charge on any atom is 0.311 e. The first-order valence-corrected chi connectivity index (χ1v) is 22.0. The Labute approximate surface area is 341 Å². The first kappa shape index (κ1) is 46.1. The van der Waals surface area contributed by atoms with Gasteiger partial charge in [0.15, 0.2) is 11.9 Å². The van der Waals surface area contributed by atoms with E-state index in [1.165, 1.54) is 14.0 Å². The van der Waals surface area contributed by atoms with E-state index in [0.29, 0.717) is 51.4 Å². The van der Waals surface area contributed by atoms with Crippen LogP contribution in [0.4, 0.5) is 0 Å². The predicted octanol–water partition coefficient (Wildman–Crippen LogP) is 6.85. The van der Waals surface area contributed by atoms with E-state index in [2.05, 4.69) is 20.8 Å². The Bertz CT molecular complexity index is 1450. The van der Waals surface area contributed by atoms with Gasteiger partial charge in [-0.25, -0.2) is 0 Å². The van der Waals surface area contributed by atoms with Crippen molar-refractivity contribution in [2.45, 2.75) is 206 Å². The molecule has 2 unspecified atom stereocenters. The summed E-state index contributed by atoms with van der Waals surface area (Å²) in [5.74, 6) is -5.47. The molecule has 4 fully saturated rings. The van der Waals surface area contributed by atoms with Crippen molar-refractivity contribution in [2.75, 3.05) is 7.11 Å². The van der Waals surface area contributed by atoms with Gasteiger partial charge in [-0.3, -0.25) is 14.4 Å². The molecule has 0 bridgehead atoms. The molecule has 0 aromatic rings. The lowest BCUT2D eigenvalue weighted by Crippen LogP contribution is -2.63. The molecule has 326 valence electrons. The number of methoxy groups -OCH3 is 1. The second-order valence-corrected chi connectivity index (χ2v) is 18.7. The quantitative estimate of drug-likeness (QED) is 0.148. The van der Waals surface area contributed by atoms with Gasteiger partial charge in [-0.05, 0) is 95.6 Å². The Hall–Kier alpha value is -1.93. The van der Waals surface area contributed by atoms with Crippen LogP contribution in [0.1, 0.15) is 140 Å². The maximum atomic E-state index is 14.6. The van der Waals surface area contributed by atoms with E-state index >= 15 is 0 Å². The van der Waals surface area contributed by atoms with E-state index in [4.69, 9.17) is 33.2 Å². The van der Waals surface area contributed by atoms with Gasteiger partial charge in [0.25, 0.3) is 0 Å². The van der Waals surface area contributed by atoms with Crippen molar-refractivity contribution in [3.63, 3.8) is 0 Å². The fourth-order valence-electron chi connectivity index (χ4n) is 10.9. The first-order valence-electron chi connectivity index (χ1n) is 22.0. The van der Waals surface area contributed by atoms with Gasteiger partial charge in [0.2, 0.25) is 5.79 Å². The van der Waals surface area contributed by atoms with Gasteiger partial charge in [0.05, 0.1) is 60.9 Å². The molecule has 0 aromatic carbocycles. The number of aliphatic hydroxyl groups is 2. The van der Waals surface area contributed by atoms with Crippen molar-refractivity contribution in [3.05, 3.63) is 12.2 Å². The topological polar surface area (TPSA) is 156 Å². The van der Waals surface area contributed by atoms with Gasteiger partial charge in [-0.15, -0.1) is 0 Å². The molecular weight excluding hydrogens is 732 g/mol. The van der Waals surface area contributed by atoms with Crippen LogP contribution in [0.5, 0.6) is 0 Å². The molecule has 0 aromatic heterocycles. The summed E-state index contributed by atoms with van der Waals surface area (Å²) in [6.07, 6.45) is 6.10. The van der Waals surface area contributed by atoms with Crippen LogP contribution in [-0.2, 0) is 47.5 Å². The highest BCUT2D eigenvalue weighted by molar-refractivity contribution is 5.84. The Balaban J connectivity index is 1.36. The second kappa shape index (κ2) is 18.0. The van der Waals surface area contributed by atoms with Crippen LogP contribution in [0.15, 0.2) is 12.2 Å². The van der Waals surface area contributed by atoms with E-state index in [1.807, 2.05) is 53.7 Å². The van der Waals surface area contributed by atoms with E-state index in [0.717, 1.165) is 12.8 Å². The lowest BCUT2D eigenvalue weighted by Gasteiger charge is -2.54. The summed E-state index contributed by atoms with van der Waals surface area (Å²) in [4.78, 5) is 39.6. The maximum absolute atomic E-state index is 14.6. The minimum absolute atomic E-state index is 0.00334. The van der Waals surface area contributed by atoms with Crippen LogP contribution >= 0.6 is 0 Å². The number of carbonyl (C=O) groups is 3. The van der Waals surface area contributed by atoms with Crippen LogP contribution in [-0.4, -0.2) is 101 Å². The first-order chi connectivity index (χ1) is 26.7. The summed E-state index contributed by atoms with van der Waals surface area (Å²) in [7, 11) is 1.39. The summed E-state index contributed by atoms with van der Waals surface area (Å²) in [5, 5.41) is 23.0. The monoisotopic (exact) mass is 807 g/mol. The summed E-state index contributed by atoms with van der Waals surface area (Å²) >= 11 is 0. The zero-order valence-corrected chi connectivity index (χ0v) is 36.8. The van der Waals surface area contributed by atoms with Crippen molar-refractivity contribution in [1.29, 1.82) is 0 Å². The molecular formula is C45H74O12. The van der Waals surface area contributed by atoms with Crippen molar-refractivity contribution in [3.8, 4) is 0 Å². The molecule has 2 spiro atoms. The second-order valence-electron chi connectivity index (χ2n) is 18.7. The minimum atomic E-state index is -1.37. The van der Waals surface area contributed by atoms with Gasteiger partial charge < -0.3 is 43.4 Å². The highest BCUT2D eigenvalue weighted by atomic mass is 16.8. The molecule has 18 atom stereocenters. The highest BCUT2D eigenvalue weighted by Gasteiger charge is 2.64. The number of ketones is 1. The van der Waals surface area contributed by atoms with Gasteiger partial charge >= 0.3 is 11.9 Å². The number of aliphatic hydroxyl groups excluding tert-OH is 1. The van der Waals surface area contributed by atoms with E-state index in [9.17, 15) is 24.6 Å². The summed E-state index contributed by atoms with van der Waals surface area (Å²) in [6, 6.07) is 0. The molecule has 2 N–H and O–H groups in total. The number of esters is 2. The molecule has 0 aliphatic carbocycles. The third kappa shape index (κ3) is 8.94. The molecule has 5 aliphatic rings. The molecule has 57 heavy (non-hydrogen) atoms. The fourth-order valence-corrected chi connectivity index (χ4v) is 10.9. The molecule has 5 heterocycles. The lowest BCUT2D eigenvalue weighted by atomic mass is 9.72. The number of rotatable bonds is 13. The fraction of sp³-hybridized carbons (Fsp3) is 0.889. The van der Waals surface area contributed by atoms with Gasteiger partial charge in [-0.1, -0.05) is 55.4 Å². The average Bonchev–Trinajstić information content (AvgIpc) is 3.52. The molecule has 0 radical (unpaired) electrons. The number of carbonyl (C=O) groups excluding carboxylic acids is 3. The van der Waals surface area contributed by atoms with Crippen molar-refractivity contribution >= 4 is 17.7 Å². The Morgan fingerprint density at radius 3 is 2.18 bits per heavy atom. The molecule has 0 amide bonds. The molecule has 12 nitrogen and oxygen atoms in total. The van der Waals surface area contributed by atoms with Crippen molar-refractivity contribution in [1.82, 2.24) is 0 Å². The Kier molecular flexibility index (Phi) is 14.5. The van der Waals surface area contributed by atoms with Crippen LogP contribution < -0.4 is 0 Å². The molecule has 5 aliphatic heterocycles. The van der Waals surface area contributed by atoms with Gasteiger partial charge in [0, 0.05) is 37.0 Å². The number of ether oxygens (including phenoxy) is 7. The lowest BCUT2D eigenvalue weighted by molar-refractivity contribution is -0.409. The van der Waals surface area contributed by atoms with Crippen LogP contribution in [0.3, 0.4) is 0 Å². The zero-order valence-electron chi connectivity index (χ0n) is 36.8. The third-order valence-electron chi connectivity index (χ3n) is 14.9. The van der Waals surface area contributed by atoms with Crippen molar-refractivity contribution in [2.24, 2.45) is 41.4 Å². The van der Waals surface area contributed by atoms with E-state index in [1.54, 1.807) is 6.92 Å². The molecule has 5 rings (SSSR count). The smallest absolute Gasteiger partial charge is 0.311 e. The largest absolute Gasteiger partial charge is 0.469 e. The normalized spacial score (nSPS) is 43.6. The molecule has 0 saturated carbocycles. The zero-order chi connectivity index (χ0) is 42.2. The number of hydrogen-bond donors (Lipinski definition) is 2. The third-order valence-corrected chi connectivity index (χ3v) is 14.9. The Morgan fingerprint density at radius 1 is 0.895 bits per heavy atom. The van der Waals surface area contributed by atoms with E-state index in [-0.39, 0.29) is 65.8 Å². The highest BCUT2D eigenvalue weighted by Crippen LogP contribution is 2.54. The predicted molar refractivity (Wildman–Crippen MR) is 213 cm³/mol. The number of Topliss-reactive ketones (excluding diaryl/α,β-unsaturated/α-hetero) is 1. The summed E-state index contributed by atoms with van der Waals surface area (Å²) in [5.41, 5.74) is -1.69. The average molecular weight is 807 g/mol. The van der Waals surface area contributed by atoms with Gasteiger partial charge in [-0.2, -0.15) is 0 Å². The van der Waals surface area contributed by atoms with Crippen LogP contribution in [0, 0.1) is 41.4 Å². The minimum Gasteiger partial charge on any atom is -0.469 e.